The number of phenolic OH excluding ortho intramolecular Hbond substituents is 3. The molecule has 4 nitrogen and oxygen atoms in total. The Bertz CT molecular complexity index is 656. The Morgan fingerprint density at radius 1 is 0.952 bits per heavy atom. The predicted molar refractivity (Wildman–Crippen MR) is 70.2 cm³/mol. The normalized spacial score (nSPS) is 11.4. The highest BCUT2D eigenvalue weighted by molar-refractivity contribution is 5.55. The van der Waals surface area contributed by atoms with Crippen LogP contribution in [0, 0.1) is 0 Å². The van der Waals surface area contributed by atoms with Gasteiger partial charge in [0.1, 0.15) is 0 Å². The number of nitrogens with one attached hydrogen (secondary N) is 1. The lowest BCUT2D eigenvalue weighted by atomic mass is 10.1. The Labute approximate surface area is 118 Å². The number of hydrogen-bond acceptors (Lipinski definition) is 4. The van der Waals surface area contributed by atoms with Gasteiger partial charge in [-0.15, -0.1) is 0 Å². The summed E-state index contributed by atoms with van der Waals surface area (Å²) < 4.78 is 37.7. The highest BCUT2D eigenvalue weighted by Gasteiger charge is 2.30. The zero-order chi connectivity index (χ0) is 15.6. The van der Waals surface area contributed by atoms with Gasteiger partial charge in [-0.1, -0.05) is 6.07 Å². The molecule has 0 bridgehead atoms. The second-order valence-electron chi connectivity index (χ2n) is 4.37. The summed E-state index contributed by atoms with van der Waals surface area (Å²) >= 11 is 0. The SMILES string of the molecule is Oc1ccc(CNc2cccc(C(F)(F)F)c2)c(O)c1O. The van der Waals surface area contributed by atoms with E-state index in [-0.39, 0.29) is 17.8 Å². The molecule has 0 saturated carbocycles. The molecule has 0 heterocycles. The van der Waals surface area contributed by atoms with Crippen molar-refractivity contribution in [2.24, 2.45) is 0 Å². The van der Waals surface area contributed by atoms with Crippen LogP contribution in [0.25, 0.3) is 0 Å². The smallest absolute Gasteiger partial charge is 0.416 e. The summed E-state index contributed by atoms with van der Waals surface area (Å²) in [5.74, 6) is -1.66. The molecule has 2 aromatic rings. The van der Waals surface area contributed by atoms with Gasteiger partial charge in [-0.05, 0) is 30.3 Å². The summed E-state index contributed by atoms with van der Waals surface area (Å²) in [6.07, 6.45) is -4.43. The number of aromatic hydroxyl groups is 3. The highest BCUT2D eigenvalue weighted by Crippen LogP contribution is 2.37. The van der Waals surface area contributed by atoms with E-state index in [0.29, 0.717) is 0 Å². The summed E-state index contributed by atoms with van der Waals surface area (Å²) in [5.41, 5.74) is -0.329. The van der Waals surface area contributed by atoms with E-state index in [0.717, 1.165) is 12.1 Å². The fourth-order valence-corrected chi connectivity index (χ4v) is 1.76. The van der Waals surface area contributed by atoms with Crippen molar-refractivity contribution >= 4 is 5.69 Å². The Hall–Kier alpha value is -2.57. The van der Waals surface area contributed by atoms with Crippen LogP contribution in [0.1, 0.15) is 11.1 Å². The maximum absolute atomic E-state index is 12.6. The van der Waals surface area contributed by atoms with Crippen LogP contribution in [0.4, 0.5) is 18.9 Å². The van der Waals surface area contributed by atoms with Crippen molar-refractivity contribution in [2.75, 3.05) is 5.32 Å². The summed E-state index contributed by atoms with van der Waals surface area (Å²) in [5, 5.41) is 30.9. The molecule has 0 spiro atoms. The van der Waals surface area contributed by atoms with E-state index in [1.807, 2.05) is 0 Å². The Morgan fingerprint density at radius 2 is 1.67 bits per heavy atom. The molecule has 0 fully saturated rings. The van der Waals surface area contributed by atoms with Crippen molar-refractivity contribution in [2.45, 2.75) is 12.7 Å². The number of phenols is 3. The minimum atomic E-state index is -4.43. The summed E-state index contributed by atoms with van der Waals surface area (Å²) in [4.78, 5) is 0. The third-order valence-corrected chi connectivity index (χ3v) is 2.89. The van der Waals surface area contributed by atoms with Gasteiger partial charge in [0.2, 0.25) is 5.75 Å². The van der Waals surface area contributed by atoms with Gasteiger partial charge in [0.15, 0.2) is 11.5 Å². The van der Waals surface area contributed by atoms with Gasteiger partial charge in [-0.25, -0.2) is 0 Å². The molecule has 0 radical (unpaired) electrons. The summed E-state index contributed by atoms with van der Waals surface area (Å²) in [7, 11) is 0. The Balaban J connectivity index is 2.16. The fourth-order valence-electron chi connectivity index (χ4n) is 1.76. The first-order chi connectivity index (χ1) is 9.79. The molecular weight excluding hydrogens is 287 g/mol. The lowest BCUT2D eigenvalue weighted by molar-refractivity contribution is -0.137. The maximum atomic E-state index is 12.6. The summed E-state index contributed by atoms with van der Waals surface area (Å²) in [6.45, 7) is -0.0129. The number of hydrogen-bond donors (Lipinski definition) is 4. The molecule has 0 aliphatic rings. The first-order valence-electron chi connectivity index (χ1n) is 5.93. The van der Waals surface area contributed by atoms with Crippen LogP contribution in [-0.2, 0) is 12.7 Å². The number of rotatable bonds is 3. The minimum Gasteiger partial charge on any atom is -0.504 e. The van der Waals surface area contributed by atoms with Gasteiger partial charge in [-0.3, -0.25) is 0 Å². The number of halogens is 3. The van der Waals surface area contributed by atoms with Crippen molar-refractivity contribution in [1.29, 1.82) is 0 Å². The van der Waals surface area contributed by atoms with Gasteiger partial charge in [0.25, 0.3) is 0 Å². The third kappa shape index (κ3) is 3.31. The van der Waals surface area contributed by atoms with Gasteiger partial charge >= 0.3 is 6.18 Å². The number of benzene rings is 2. The van der Waals surface area contributed by atoms with Crippen LogP contribution in [0.15, 0.2) is 36.4 Å². The molecule has 0 aliphatic heterocycles. The largest absolute Gasteiger partial charge is 0.504 e. The average Bonchev–Trinajstić information content (AvgIpc) is 2.43. The standard InChI is InChI=1S/C14H12F3NO3/c15-14(16,17)9-2-1-3-10(6-9)18-7-8-4-5-11(19)13(21)12(8)20/h1-6,18-21H,7H2. The fraction of sp³-hybridized carbons (Fsp3) is 0.143. The van der Waals surface area contributed by atoms with Crippen molar-refractivity contribution < 1.29 is 28.5 Å². The molecule has 0 unspecified atom stereocenters. The lowest BCUT2D eigenvalue weighted by Crippen LogP contribution is -2.06. The van der Waals surface area contributed by atoms with E-state index in [1.165, 1.54) is 24.3 Å². The van der Waals surface area contributed by atoms with Gasteiger partial charge in [0.05, 0.1) is 5.56 Å². The third-order valence-electron chi connectivity index (χ3n) is 2.89. The molecule has 0 atom stereocenters. The first-order valence-corrected chi connectivity index (χ1v) is 5.93. The molecule has 21 heavy (non-hydrogen) atoms. The second kappa shape index (κ2) is 5.43. The van der Waals surface area contributed by atoms with E-state index in [1.54, 1.807) is 0 Å². The molecule has 0 amide bonds. The first kappa shape index (κ1) is 14.8. The van der Waals surface area contributed by atoms with E-state index >= 15 is 0 Å². The molecule has 112 valence electrons. The average molecular weight is 299 g/mol. The molecule has 0 saturated heterocycles. The molecule has 4 N–H and O–H groups in total. The number of anilines is 1. The van der Waals surface area contributed by atoms with E-state index in [2.05, 4.69) is 5.32 Å². The zero-order valence-electron chi connectivity index (χ0n) is 10.6. The van der Waals surface area contributed by atoms with Crippen LogP contribution in [0.3, 0.4) is 0 Å². The molecular formula is C14H12F3NO3. The van der Waals surface area contributed by atoms with E-state index in [9.17, 15) is 28.5 Å². The van der Waals surface area contributed by atoms with Crippen LogP contribution in [0.2, 0.25) is 0 Å². The molecule has 2 rings (SSSR count). The lowest BCUT2D eigenvalue weighted by Gasteiger charge is -2.12. The maximum Gasteiger partial charge on any atom is 0.416 e. The Morgan fingerprint density at radius 3 is 2.33 bits per heavy atom. The van der Waals surface area contributed by atoms with Gasteiger partial charge < -0.3 is 20.6 Å². The predicted octanol–water partition coefficient (Wildman–Crippen LogP) is 3.43. The molecule has 2 aromatic carbocycles. The second-order valence-corrected chi connectivity index (χ2v) is 4.37. The number of alkyl halides is 3. The molecule has 0 aromatic heterocycles. The van der Waals surface area contributed by atoms with E-state index < -0.39 is 29.0 Å². The summed E-state index contributed by atoms with van der Waals surface area (Å²) in [6, 6.07) is 7.14. The highest BCUT2D eigenvalue weighted by atomic mass is 19.4. The van der Waals surface area contributed by atoms with Crippen LogP contribution >= 0.6 is 0 Å². The van der Waals surface area contributed by atoms with Crippen molar-refractivity contribution in [3.63, 3.8) is 0 Å². The topological polar surface area (TPSA) is 72.7 Å². The van der Waals surface area contributed by atoms with Gasteiger partial charge in [0, 0.05) is 17.8 Å². The van der Waals surface area contributed by atoms with Gasteiger partial charge in [-0.2, -0.15) is 13.2 Å². The van der Waals surface area contributed by atoms with Crippen LogP contribution in [0.5, 0.6) is 17.2 Å². The Kier molecular flexibility index (Phi) is 3.84. The van der Waals surface area contributed by atoms with Crippen LogP contribution in [-0.4, -0.2) is 15.3 Å². The monoisotopic (exact) mass is 299 g/mol. The van der Waals surface area contributed by atoms with Crippen LogP contribution < -0.4 is 5.32 Å². The minimum absolute atomic E-state index is 0.0129. The zero-order valence-corrected chi connectivity index (χ0v) is 10.6. The van der Waals surface area contributed by atoms with Crippen molar-refractivity contribution in [3.05, 3.63) is 47.5 Å². The van der Waals surface area contributed by atoms with Crippen molar-refractivity contribution in [3.8, 4) is 17.2 Å². The molecule has 0 aliphatic carbocycles. The van der Waals surface area contributed by atoms with E-state index in [4.69, 9.17) is 0 Å². The quantitative estimate of drug-likeness (QED) is 0.655. The molecule has 7 heteroatoms. The van der Waals surface area contributed by atoms with Crippen molar-refractivity contribution in [1.82, 2.24) is 0 Å².